The molecule has 0 bridgehead atoms. The molecule has 2 heterocycles. The van der Waals surface area contributed by atoms with Gasteiger partial charge in [0.2, 0.25) is 0 Å². The Kier molecular flexibility index (Phi) is 10.4. The number of ketones is 1. The molecular weight excluding hydrogens is 572 g/mol. The zero-order valence-electron chi connectivity index (χ0n) is 24.7. The van der Waals surface area contributed by atoms with Crippen LogP contribution in [0.4, 0.5) is 0 Å². The third-order valence-corrected chi connectivity index (χ3v) is 6.20. The highest BCUT2D eigenvalue weighted by atomic mass is 16.7. The Morgan fingerprint density at radius 3 is 1.88 bits per heavy atom. The summed E-state index contributed by atoms with van der Waals surface area (Å²) in [4.78, 5) is 85.8. The minimum atomic E-state index is -1.58. The van der Waals surface area contributed by atoms with Crippen LogP contribution >= 0.6 is 0 Å². The van der Waals surface area contributed by atoms with Gasteiger partial charge >= 0.3 is 29.8 Å². The first-order valence-electron chi connectivity index (χ1n) is 13.2. The Labute approximate surface area is 245 Å². The van der Waals surface area contributed by atoms with E-state index in [0.29, 0.717) is 5.56 Å². The largest absolute Gasteiger partial charge is 0.463 e. The van der Waals surface area contributed by atoms with Crippen LogP contribution in [0.1, 0.15) is 64.5 Å². The fraction of sp³-hybridized carbons (Fsp3) is 0.483. The highest BCUT2D eigenvalue weighted by Gasteiger charge is 2.54. The minimum Gasteiger partial charge on any atom is -0.463 e. The maximum Gasteiger partial charge on any atom is 0.308 e. The van der Waals surface area contributed by atoms with Gasteiger partial charge in [0.05, 0.1) is 17.4 Å². The number of Topliss-reactive ketones (excluding diaryl/α,β-unsaturated/α-hetero) is 1. The fourth-order valence-electron chi connectivity index (χ4n) is 4.87. The number of hydrogen-bond donors (Lipinski definition) is 0. The summed E-state index contributed by atoms with van der Waals surface area (Å²) in [7, 11) is 0. The van der Waals surface area contributed by atoms with Crippen molar-refractivity contribution in [3.63, 3.8) is 0 Å². The predicted molar refractivity (Wildman–Crippen MR) is 144 cm³/mol. The Bertz CT molecular complexity index is 1520. The standard InChI is InChI=1S/C29H32O14/c1-12-8-21(38-15(4)32)24(26-23(12)20(36)10-19(42-26)9-13(2)30)27-29(41-18(7)35)28(40-17(6)34)25(39-16(5)33)22(43-27)11-37-14(3)31/h8,10,22,25,27-29H,9,11H2,1-7H3/t22-,25-,27+,28-,29+/m1/s1. The third-order valence-electron chi connectivity index (χ3n) is 6.20. The van der Waals surface area contributed by atoms with Crippen molar-refractivity contribution >= 4 is 46.6 Å². The second-order valence-corrected chi connectivity index (χ2v) is 9.98. The summed E-state index contributed by atoms with van der Waals surface area (Å²) < 4.78 is 39.4. The molecule has 0 radical (unpaired) electrons. The summed E-state index contributed by atoms with van der Waals surface area (Å²) >= 11 is 0. The minimum absolute atomic E-state index is 0.0174. The molecule has 0 unspecified atom stereocenters. The van der Waals surface area contributed by atoms with Crippen molar-refractivity contribution in [2.45, 2.75) is 85.4 Å². The van der Waals surface area contributed by atoms with E-state index in [1.54, 1.807) is 6.92 Å². The van der Waals surface area contributed by atoms with Crippen molar-refractivity contribution in [1.29, 1.82) is 0 Å². The maximum atomic E-state index is 13.3. The van der Waals surface area contributed by atoms with Gasteiger partial charge in [-0.05, 0) is 25.5 Å². The third kappa shape index (κ3) is 8.03. The molecular formula is C29H32O14. The molecule has 1 aliphatic heterocycles. The highest BCUT2D eigenvalue weighted by Crippen LogP contribution is 2.44. The molecule has 1 aromatic heterocycles. The van der Waals surface area contributed by atoms with Crippen LogP contribution in [0.25, 0.3) is 11.0 Å². The average molecular weight is 605 g/mol. The molecule has 0 saturated carbocycles. The lowest BCUT2D eigenvalue weighted by Gasteiger charge is -2.44. The van der Waals surface area contributed by atoms with Gasteiger partial charge in [-0.25, -0.2) is 0 Å². The summed E-state index contributed by atoms with van der Waals surface area (Å²) in [5.41, 5.74) is -0.475. The zero-order chi connectivity index (χ0) is 32.2. The Morgan fingerprint density at radius 1 is 0.767 bits per heavy atom. The molecule has 14 heteroatoms. The summed E-state index contributed by atoms with van der Waals surface area (Å²) in [6.45, 7) is 7.82. The smallest absolute Gasteiger partial charge is 0.308 e. The quantitative estimate of drug-likeness (QED) is 0.229. The summed E-state index contributed by atoms with van der Waals surface area (Å²) in [5.74, 6) is -4.51. The number of ether oxygens (including phenoxy) is 6. The van der Waals surface area contributed by atoms with E-state index >= 15 is 0 Å². The number of carbonyl (C=O) groups is 6. The SMILES string of the molecule is CC(=O)Cc1cc(=O)c2c(C)cc(OC(C)=O)c([C@@H]3O[C@H](COC(C)=O)[C@@H](OC(C)=O)[C@@H](OC(C)=O)[C@H]3OC(C)=O)c2o1. The molecule has 1 aromatic carbocycles. The lowest BCUT2D eigenvalue weighted by atomic mass is 9.88. The Morgan fingerprint density at radius 2 is 1.35 bits per heavy atom. The van der Waals surface area contributed by atoms with E-state index < -0.39 is 72.4 Å². The molecule has 5 atom stereocenters. The number of rotatable bonds is 9. The highest BCUT2D eigenvalue weighted by molar-refractivity contribution is 5.88. The molecule has 0 N–H and O–H groups in total. The molecule has 0 amide bonds. The van der Waals surface area contributed by atoms with Gasteiger partial charge in [0.15, 0.2) is 23.7 Å². The van der Waals surface area contributed by atoms with Gasteiger partial charge in [-0.2, -0.15) is 0 Å². The predicted octanol–water partition coefficient (Wildman–Crippen LogP) is 1.96. The molecule has 0 aliphatic carbocycles. The maximum absolute atomic E-state index is 13.3. The molecule has 1 fully saturated rings. The molecule has 1 aliphatic rings. The second kappa shape index (κ2) is 13.6. The van der Waals surface area contributed by atoms with Crippen molar-refractivity contribution in [3.8, 4) is 5.75 Å². The molecule has 43 heavy (non-hydrogen) atoms. The Balaban J connectivity index is 2.43. The second-order valence-electron chi connectivity index (χ2n) is 9.98. The van der Waals surface area contributed by atoms with Gasteiger partial charge < -0.3 is 32.8 Å². The van der Waals surface area contributed by atoms with Gasteiger partial charge in [-0.15, -0.1) is 0 Å². The van der Waals surface area contributed by atoms with Crippen LogP contribution in [0.2, 0.25) is 0 Å². The van der Waals surface area contributed by atoms with Crippen molar-refractivity contribution in [1.82, 2.24) is 0 Å². The topological polar surface area (TPSA) is 188 Å². The van der Waals surface area contributed by atoms with E-state index in [0.717, 1.165) is 40.7 Å². The van der Waals surface area contributed by atoms with E-state index in [9.17, 15) is 33.6 Å². The van der Waals surface area contributed by atoms with Gasteiger partial charge in [0, 0.05) is 40.7 Å². The Hall–Kier alpha value is -4.59. The normalized spacial score (nSPS) is 21.4. The molecule has 1 saturated heterocycles. The number of benzene rings is 1. The molecule has 3 rings (SSSR count). The van der Waals surface area contributed by atoms with E-state index in [4.69, 9.17) is 32.8 Å². The number of fused-ring (bicyclic) bond motifs is 1. The lowest BCUT2D eigenvalue weighted by Crippen LogP contribution is -2.59. The van der Waals surface area contributed by atoms with Crippen LogP contribution in [0.5, 0.6) is 5.75 Å². The van der Waals surface area contributed by atoms with E-state index in [2.05, 4.69) is 0 Å². The van der Waals surface area contributed by atoms with E-state index in [1.807, 2.05) is 0 Å². The van der Waals surface area contributed by atoms with Gasteiger partial charge in [-0.1, -0.05) is 0 Å². The van der Waals surface area contributed by atoms with Crippen LogP contribution < -0.4 is 10.2 Å². The van der Waals surface area contributed by atoms with Crippen molar-refractivity contribution < 1.29 is 61.6 Å². The van der Waals surface area contributed by atoms with E-state index in [-0.39, 0.29) is 40.2 Å². The van der Waals surface area contributed by atoms with Crippen LogP contribution in [-0.4, -0.2) is 66.7 Å². The van der Waals surface area contributed by atoms with Crippen molar-refractivity contribution in [2.24, 2.45) is 0 Å². The summed E-state index contributed by atoms with van der Waals surface area (Å²) in [5, 5.41) is 0.0334. The summed E-state index contributed by atoms with van der Waals surface area (Å²) in [6.07, 6.45) is -7.69. The first-order valence-corrected chi connectivity index (χ1v) is 13.2. The number of hydrogen-bond acceptors (Lipinski definition) is 14. The van der Waals surface area contributed by atoms with Crippen molar-refractivity contribution in [2.75, 3.05) is 6.61 Å². The number of carbonyl (C=O) groups excluding carboxylic acids is 6. The van der Waals surface area contributed by atoms with Crippen LogP contribution in [0, 0.1) is 6.92 Å². The van der Waals surface area contributed by atoms with E-state index in [1.165, 1.54) is 13.0 Å². The zero-order valence-corrected chi connectivity index (χ0v) is 24.7. The molecule has 14 nitrogen and oxygen atoms in total. The lowest BCUT2D eigenvalue weighted by molar-refractivity contribution is -0.254. The molecule has 2 aromatic rings. The number of esters is 5. The fourth-order valence-corrected chi connectivity index (χ4v) is 4.87. The van der Waals surface area contributed by atoms with Gasteiger partial charge in [0.1, 0.15) is 41.7 Å². The molecule has 0 spiro atoms. The first-order chi connectivity index (χ1) is 20.1. The molecule has 232 valence electrons. The van der Waals surface area contributed by atoms with Crippen LogP contribution in [0.3, 0.4) is 0 Å². The summed E-state index contributed by atoms with van der Waals surface area (Å²) in [6, 6.07) is 2.52. The van der Waals surface area contributed by atoms with Crippen LogP contribution in [0.15, 0.2) is 21.3 Å². The first kappa shape index (κ1) is 32.9. The number of aryl methyl sites for hydroxylation is 1. The monoisotopic (exact) mass is 604 g/mol. The average Bonchev–Trinajstić information content (AvgIpc) is 2.84. The van der Waals surface area contributed by atoms with Gasteiger partial charge in [0.25, 0.3) is 0 Å². The van der Waals surface area contributed by atoms with Crippen molar-refractivity contribution in [3.05, 3.63) is 39.2 Å². The van der Waals surface area contributed by atoms with Gasteiger partial charge in [-0.3, -0.25) is 33.6 Å². The van der Waals surface area contributed by atoms with Crippen LogP contribution in [-0.2, 0) is 58.9 Å².